The summed E-state index contributed by atoms with van der Waals surface area (Å²) in [5.74, 6) is 5.04. The van der Waals surface area contributed by atoms with Crippen molar-refractivity contribution in [3.05, 3.63) is 65.2 Å². The van der Waals surface area contributed by atoms with Crippen LogP contribution in [0.3, 0.4) is 0 Å². The Hall–Kier alpha value is -3.11. The molecule has 0 aliphatic carbocycles. The number of anilines is 1. The predicted molar refractivity (Wildman–Crippen MR) is 119 cm³/mol. The molecule has 0 fully saturated rings. The zero-order valence-corrected chi connectivity index (χ0v) is 18.6. The van der Waals surface area contributed by atoms with Gasteiger partial charge < -0.3 is 15.4 Å². The Balaban J connectivity index is 2.03. The molecule has 0 spiro atoms. The fraction of sp³-hybridized carbons (Fsp3) is 0.261. The molecular weight excluding hydrogens is 448 g/mol. The van der Waals surface area contributed by atoms with Crippen LogP contribution in [0.15, 0.2) is 48.5 Å². The van der Waals surface area contributed by atoms with E-state index >= 15 is 0 Å². The Morgan fingerprint density at radius 3 is 1.97 bits per heavy atom. The van der Waals surface area contributed by atoms with Crippen molar-refractivity contribution in [1.82, 2.24) is 5.32 Å². The number of hydrogen-bond donors (Lipinski definition) is 2. The number of alkyl halides is 1. The van der Waals surface area contributed by atoms with Gasteiger partial charge >= 0.3 is 5.97 Å². The molecule has 0 unspecified atom stereocenters. The van der Waals surface area contributed by atoms with E-state index in [9.17, 15) is 14.4 Å². The van der Waals surface area contributed by atoms with Crippen LogP contribution in [0, 0.1) is 17.8 Å². The van der Waals surface area contributed by atoms with Crippen LogP contribution >= 0.6 is 15.9 Å². The highest BCUT2D eigenvalue weighted by atomic mass is 79.9. The topological polar surface area (TPSA) is 84.5 Å². The summed E-state index contributed by atoms with van der Waals surface area (Å²) in [6.07, 6.45) is 0. The Bertz CT molecular complexity index is 957. The van der Waals surface area contributed by atoms with Crippen molar-refractivity contribution in [2.45, 2.75) is 19.9 Å². The van der Waals surface area contributed by atoms with Gasteiger partial charge in [-0.15, -0.1) is 0 Å². The predicted octanol–water partition coefficient (Wildman–Crippen LogP) is 3.35. The Morgan fingerprint density at radius 2 is 1.50 bits per heavy atom. The molecule has 0 radical (unpaired) electrons. The Morgan fingerprint density at radius 1 is 0.967 bits per heavy atom. The molecule has 1 atom stereocenters. The van der Waals surface area contributed by atoms with Gasteiger partial charge in [-0.05, 0) is 54.4 Å². The van der Waals surface area contributed by atoms with E-state index in [0.717, 1.165) is 11.1 Å². The molecule has 156 valence electrons. The maximum absolute atomic E-state index is 12.4. The number of hydrogen-bond acceptors (Lipinski definition) is 4. The smallest absolute Gasteiger partial charge is 0.328 e. The number of ether oxygens (including phenoxy) is 1. The molecule has 2 amide bonds. The molecule has 0 saturated carbocycles. The molecule has 0 saturated heterocycles. The molecule has 30 heavy (non-hydrogen) atoms. The number of halogens is 1. The maximum Gasteiger partial charge on any atom is 0.328 e. The van der Waals surface area contributed by atoms with Crippen molar-refractivity contribution in [3.8, 4) is 11.8 Å². The number of carbonyl (C=O) groups excluding carboxylic acids is 3. The number of amides is 2. The first-order valence-corrected chi connectivity index (χ1v) is 10.4. The first-order valence-electron chi connectivity index (χ1n) is 9.30. The lowest BCUT2D eigenvalue weighted by Crippen LogP contribution is -2.45. The summed E-state index contributed by atoms with van der Waals surface area (Å²) in [6.45, 7) is 3.67. The first kappa shape index (κ1) is 23.2. The first-order chi connectivity index (χ1) is 14.3. The monoisotopic (exact) mass is 470 g/mol. The lowest BCUT2D eigenvalue weighted by Gasteiger charge is -2.19. The highest BCUT2D eigenvalue weighted by Gasteiger charge is 2.25. The van der Waals surface area contributed by atoms with Gasteiger partial charge in [0.15, 0.2) is 0 Å². The van der Waals surface area contributed by atoms with Crippen molar-refractivity contribution in [2.75, 3.05) is 17.8 Å². The number of nitrogens with one attached hydrogen (secondary N) is 2. The molecule has 7 heteroatoms. The molecule has 0 aliphatic heterocycles. The second kappa shape index (κ2) is 11.2. The van der Waals surface area contributed by atoms with Crippen molar-refractivity contribution in [1.29, 1.82) is 0 Å². The van der Waals surface area contributed by atoms with Crippen LogP contribution in [-0.4, -0.2) is 36.3 Å². The fourth-order valence-electron chi connectivity index (χ4n) is 2.53. The minimum atomic E-state index is -0.704. The van der Waals surface area contributed by atoms with Crippen molar-refractivity contribution in [3.63, 3.8) is 0 Å². The molecule has 2 aromatic rings. The molecule has 0 heterocycles. The summed E-state index contributed by atoms with van der Waals surface area (Å²) < 4.78 is 4.74. The van der Waals surface area contributed by atoms with Crippen molar-refractivity contribution >= 4 is 39.4 Å². The summed E-state index contributed by atoms with van der Waals surface area (Å²) >= 11 is 3.10. The second-order valence-electron chi connectivity index (χ2n) is 6.80. The molecule has 6 nitrogen and oxygen atoms in total. The van der Waals surface area contributed by atoms with Gasteiger partial charge in [0.1, 0.15) is 6.04 Å². The standard InChI is InChI=1S/C23H23BrN2O4/c1-15(2)21(23(29)30-3)26-22(28)18-10-6-16(7-11-18)4-5-17-8-12-19(13-9-17)25-20(27)14-24/h6-13,15,21H,14H2,1-3H3,(H,25,27)(H,26,28)/t21-/m0/s1. The van der Waals surface area contributed by atoms with E-state index in [1.165, 1.54) is 7.11 Å². The van der Waals surface area contributed by atoms with Gasteiger partial charge in [-0.2, -0.15) is 0 Å². The van der Waals surface area contributed by atoms with Gasteiger partial charge in [0.05, 0.1) is 12.4 Å². The summed E-state index contributed by atoms with van der Waals surface area (Å²) in [6, 6.07) is 13.3. The second-order valence-corrected chi connectivity index (χ2v) is 7.37. The third kappa shape index (κ3) is 6.75. The van der Waals surface area contributed by atoms with Crippen LogP contribution in [0.1, 0.15) is 35.3 Å². The number of benzene rings is 2. The highest BCUT2D eigenvalue weighted by Crippen LogP contribution is 2.10. The van der Waals surface area contributed by atoms with Crippen molar-refractivity contribution in [2.24, 2.45) is 5.92 Å². The summed E-state index contributed by atoms with van der Waals surface area (Å²) in [5, 5.41) is 5.68. The van der Waals surface area contributed by atoms with Crippen molar-refractivity contribution < 1.29 is 19.1 Å². The van der Waals surface area contributed by atoms with Crippen LogP contribution in [-0.2, 0) is 14.3 Å². The highest BCUT2D eigenvalue weighted by molar-refractivity contribution is 9.09. The lowest BCUT2D eigenvalue weighted by molar-refractivity contribution is -0.144. The third-order valence-corrected chi connectivity index (χ3v) is 4.71. The lowest BCUT2D eigenvalue weighted by atomic mass is 10.0. The van der Waals surface area contributed by atoms with Crippen LogP contribution < -0.4 is 10.6 Å². The number of esters is 1. The quantitative estimate of drug-likeness (QED) is 0.385. The SMILES string of the molecule is COC(=O)[C@@H](NC(=O)c1ccc(C#Cc2ccc(NC(=O)CBr)cc2)cc1)C(C)C. The molecular formula is C23H23BrN2O4. The van der Waals surface area contributed by atoms with Gasteiger partial charge in [-0.1, -0.05) is 41.6 Å². The molecule has 0 aromatic heterocycles. The van der Waals surface area contributed by atoms with Gasteiger partial charge in [0.25, 0.3) is 5.91 Å². The molecule has 0 aliphatic rings. The van der Waals surface area contributed by atoms with Gasteiger partial charge in [-0.25, -0.2) is 4.79 Å². The number of methoxy groups -OCH3 is 1. The van der Waals surface area contributed by atoms with Crippen LogP contribution in [0.25, 0.3) is 0 Å². The van der Waals surface area contributed by atoms with Gasteiger partial charge in [-0.3, -0.25) is 9.59 Å². The number of carbonyl (C=O) groups is 3. The zero-order valence-electron chi connectivity index (χ0n) is 17.0. The minimum absolute atomic E-state index is 0.0919. The van der Waals surface area contributed by atoms with E-state index in [1.807, 2.05) is 26.0 Å². The van der Waals surface area contributed by atoms with E-state index in [0.29, 0.717) is 11.3 Å². The number of rotatable bonds is 6. The third-order valence-electron chi connectivity index (χ3n) is 4.20. The van der Waals surface area contributed by atoms with Crippen LogP contribution in [0.5, 0.6) is 0 Å². The zero-order chi connectivity index (χ0) is 22.1. The summed E-state index contributed by atoms with van der Waals surface area (Å²) in [7, 11) is 1.30. The normalized spacial score (nSPS) is 11.1. The van der Waals surface area contributed by atoms with Gasteiger partial charge in [0, 0.05) is 22.4 Å². The van der Waals surface area contributed by atoms with Crippen LogP contribution in [0.4, 0.5) is 5.69 Å². The largest absolute Gasteiger partial charge is 0.467 e. The summed E-state index contributed by atoms with van der Waals surface area (Å²) in [4.78, 5) is 35.6. The van der Waals surface area contributed by atoms with Crippen LogP contribution in [0.2, 0.25) is 0 Å². The van der Waals surface area contributed by atoms with E-state index in [1.54, 1.807) is 36.4 Å². The van der Waals surface area contributed by atoms with E-state index in [-0.39, 0.29) is 23.1 Å². The van der Waals surface area contributed by atoms with E-state index in [2.05, 4.69) is 38.4 Å². The molecule has 2 rings (SSSR count). The molecule has 0 bridgehead atoms. The average molecular weight is 471 g/mol. The Labute approximate surface area is 184 Å². The molecule has 2 aromatic carbocycles. The van der Waals surface area contributed by atoms with Gasteiger partial charge in [0.2, 0.25) is 5.91 Å². The van der Waals surface area contributed by atoms with E-state index < -0.39 is 12.0 Å². The fourth-order valence-corrected chi connectivity index (χ4v) is 2.67. The summed E-state index contributed by atoms with van der Waals surface area (Å²) in [5.41, 5.74) is 2.68. The minimum Gasteiger partial charge on any atom is -0.467 e. The van der Waals surface area contributed by atoms with E-state index in [4.69, 9.17) is 4.74 Å². The maximum atomic E-state index is 12.4. The average Bonchev–Trinajstić information content (AvgIpc) is 2.76. The molecule has 2 N–H and O–H groups in total. The Kier molecular flexibility index (Phi) is 8.63.